The molecule has 0 bridgehead atoms. The summed E-state index contributed by atoms with van der Waals surface area (Å²) in [6.45, 7) is 6.93. The second-order valence-corrected chi connectivity index (χ2v) is 6.10. The quantitative estimate of drug-likeness (QED) is 0.759. The third kappa shape index (κ3) is 7.51. The van der Waals surface area contributed by atoms with Crippen molar-refractivity contribution in [3.05, 3.63) is 29.3 Å². The van der Waals surface area contributed by atoms with Crippen molar-refractivity contribution in [2.75, 3.05) is 11.9 Å². The van der Waals surface area contributed by atoms with Gasteiger partial charge in [0, 0.05) is 16.8 Å². The van der Waals surface area contributed by atoms with Crippen molar-refractivity contribution in [2.45, 2.75) is 46.1 Å². The lowest BCUT2D eigenvalue weighted by Crippen LogP contribution is -2.34. The van der Waals surface area contributed by atoms with Crippen LogP contribution >= 0.6 is 11.6 Å². The largest absolute Gasteiger partial charge is 0.325 e. The molecule has 1 amide bonds. The van der Waals surface area contributed by atoms with E-state index < -0.39 is 0 Å². The van der Waals surface area contributed by atoms with Gasteiger partial charge in [-0.05, 0) is 43.5 Å². The fraction of sp³-hybridized carbons (Fsp3) is 0.562. The van der Waals surface area contributed by atoms with E-state index in [1.807, 2.05) is 0 Å². The highest BCUT2D eigenvalue weighted by molar-refractivity contribution is 6.30. The van der Waals surface area contributed by atoms with Crippen LogP contribution in [-0.4, -0.2) is 18.5 Å². The Balaban J connectivity index is 2.20. The highest BCUT2D eigenvalue weighted by Crippen LogP contribution is 2.13. The molecule has 0 heterocycles. The van der Waals surface area contributed by atoms with Crippen LogP contribution in [0.1, 0.15) is 40.0 Å². The summed E-state index contributed by atoms with van der Waals surface area (Å²) < 4.78 is 0. The first-order valence-corrected chi connectivity index (χ1v) is 7.64. The standard InChI is InChI=1S/C16H25ClN2O/c1-12(2)5-4-6-13(3)18-11-16(20)19-15-9-7-14(17)8-10-15/h7-10,12-13,18H,4-6,11H2,1-3H3,(H,19,20). The molecule has 0 saturated carbocycles. The van der Waals surface area contributed by atoms with E-state index in [2.05, 4.69) is 31.4 Å². The molecule has 1 atom stereocenters. The van der Waals surface area contributed by atoms with E-state index in [1.54, 1.807) is 24.3 Å². The number of nitrogens with one attached hydrogen (secondary N) is 2. The molecule has 0 saturated heterocycles. The van der Waals surface area contributed by atoms with Crippen LogP contribution < -0.4 is 10.6 Å². The minimum Gasteiger partial charge on any atom is -0.325 e. The monoisotopic (exact) mass is 296 g/mol. The molecule has 20 heavy (non-hydrogen) atoms. The van der Waals surface area contributed by atoms with E-state index in [0.717, 1.165) is 18.0 Å². The summed E-state index contributed by atoms with van der Waals surface area (Å²) in [4.78, 5) is 11.8. The second kappa shape index (κ2) is 8.98. The molecule has 3 nitrogen and oxygen atoms in total. The number of carbonyl (C=O) groups is 1. The predicted octanol–water partition coefficient (Wildman–Crippen LogP) is 4.08. The van der Waals surface area contributed by atoms with E-state index in [4.69, 9.17) is 11.6 Å². The fourth-order valence-corrected chi connectivity index (χ4v) is 2.07. The highest BCUT2D eigenvalue weighted by atomic mass is 35.5. The lowest BCUT2D eigenvalue weighted by atomic mass is 10.0. The zero-order valence-corrected chi connectivity index (χ0v) is 13.3. The number of carbonyl (C=O) groups excluding carboxylic acids is 1. The van der Waals surface area contributed by atoms with Crippen molar-refractivity contribution < 1.29 is 4.79 Å². The van der Waals surface area contributed by atoms with Gasteiger partial charge >= 0.3 is 0 Å². The molecule has 0 fully saturated rings. The van der Waals surface area contributed by atoms with Crippen LogP contribution in [0.5, 0.6) is 0 Å². The summed E-state index contributed by atoms with van der Waals surface area (Å²) in [5.74, 6) is 0.721. The van der Waals surface area contributed by atoms with Gasteiger partial charge in [0.2, 0.25) is 5.91 Å². The Labute approximate surface area is 127 Å². The lowest BCUT2D eigenvalue weighted by Gasteiger charge is -2.14. The number of hydrogen-bond donors (Lipinski definition) is 2. The van der Waals surface area contributed by atoms with Gasteiger partial charge in [0.25, 0.3) is 0 Å². The summed E-state index contributed by atoms with van der Waals surface area (Å²) in [7, 11) is 0. The Hall–Kier alpha value is -1.06. The molecule has 0 spiro atoms. The van der Waals surface area contributed by atoms with Gasteiger partial charge in [-0.1, -0.05) is 38.3 Å². The summed E-state index contributed by atoms with van der Waals surface area (Å²) in [5, 5.41) is 6.75. The highest BCUT2D eigenvalue weighted by Gasteiger charge is 2.06. The molecule has 1 aromatic carbocycles. The third-order valence-corrected chi connectivity index (χ3v) is 3.41. The van der Waals surface area contributed by atoms with E-state index in [0.29, 0.717) is 17.6 Å². The van der Waals surface area contributed by atoms with Gasteiger partial charge in [-0.2, -0.15) is 0 Å². The summed E-state index contributed by atoms with van der Waals surface area (Å²) >= 11 is 5.80. The van der Waals surface area contributed by atoms with Crippen molar-refractivity contribution in [1.29, 1.82) is 0 Å². The van der Waals surface area contributed by atoms with E-state index in [9.17, 15) is 4.79 Å². The van der Waals surface area contributed by atoms with Crippen molar-refractivity contribution in [1.82, 2.24) is 5.32 Å². The number of anilines is 1. The Kier molecular flexibility index (Phi) is 7.63. The molecule has 0 aliphatic rings. The van der Waals surface area contributed by atoms with Crippen LogP contribution in [0.3, 0.4) is 0 Å². The molecular weight excluding hydrogens is 272 g/mol. The number of hydrogen-bond acceptors (Lipinski definition) is 2. The summed E-state index contributed by atoms with van der Waals surface area (Å²) in [5.41, 5.74) is 0.772. The molecular formula is C16H25ClN2O. The SMILES string of the molecule is CC(C)CCCC(C)NCC(=O)Nc1ccc(Cl)cc1. The van der Waals surface area contributed by atoms with Gasteiger partial charge in [-0.3, -0.25) is 4.79 Å². The maximum atomic E-state index is 11.8. The topological polar surface area (TPSA) is 41.1 Å². The van der Waals surface area contributed by atoms with Gasteiger partial charge in [0.1, 0.15) is 0 Å². The zero-order chi connectivity index (χ0) is 15.0. The third-order valence-electron chi connectivity index (χ3n) is 3.16. The molecule has 0 aliphatic carbocycles. The molecule has 0 aromatic heterocycles. The number of benzene rings is 1. The summed E-state index contributed by atoms with van der Waals surface area (Å²) in [6.07, 6.45) is 3.54. The average molecular weight is 297 g/mol. The van der Waals surface area contributed by atoms with Crippen LogP contribution in [0.4, 0.5) is 5.69 Å². The summed E-state index contributed by atoms with van der Waals surface area (Å²) in [6, 6.07) is 7.49. The molecule has 0 aliphatic heterocycles. The Bertz CT molecular complexity index is 403. The van der Waals surface area contributed by atoms with Crippen LogP contribution in [0.2, 0.25) is 5.02 Å². The number of rotatable bonds is 8. The van der Waals surface area contributed by atoms with Crippen molar-refractivity contribution >= 4 is 23.2 Å². The van der Waals surface area contributed by atoms with E-state index in [-0.39, 0.29) is 5.91 Å². The molecule has 4 heteroatoms. The molecule has 1 rings (SSSR count). The molecule has 1 aromatic rings. The van der Waals surface area contributed by atoms with Gasteiger partial charge in [-0.25, -0.2) is 0 Å². The smallest absolute Gasteiger partial charge is 0.238 e. The van der Waals surface area contributed by atoms with Crippen molar-refractivity contribution in [3.63, 3.8) is 0 Å². The zero-order valence-electron chi connectivity index (χ0n) is 12.6. The molecule has 112 valence electrons. The minimum absolute atomic E-state index is 0.0250. The normalized spacial score (nSPS) is 12.4. The van der Waals surface area contributed by atoms with Gasteiger partial charge in [0.15, 0.2) is 0 Å². The average Bonchev–Trinajstić information content (AvgIpc) is 2.39. The maximum Gasteiger partial charge on any atom is 0.238 e. The first-order chi connectivity index (χ1) is 9.47. The van der Waals surface area contributed by atoms with Crippen molar-refractivity contribution in [3.8, 4) is 0 Å². The second-order valence-electron chi connectivity index (χ2n) is 5.66. The lowest BCUT2D eigenvalue weighted by molar-refractivity contribution is -0.115. The van der Waals surface area contributed by atoms with Gasteiger partial charge in [-0.15, -0.1) is 0 Å². The Morgan fingerprint density at radius 1 is 1.15 bits per heavy atom. The number of amides is 1. The number of halogens is 1. The van der Waals surface area contributed by atoms with Crippen molar-refractivity contribution in [2.24, 2.45) is 5.92 Å². The Morgan fingerprint density at radius 2 is 1.80 bits per heavy atom. The van der Waals surface area contributed by atoms with E-state index in [1.165, 1.54) is 12.8 Å². The van der Waals surface area contributed by atoms with Gasteiger partial charge < -0.3 is 10.6 Å². The molecule has 2 N–H and O–H groups in total. The Morgan fingerprint density at radius 3 is 2.40 bits per heavy atom. The maximum absolute atomic E-state index is 11.8. The van der Waals surface area contributed by atoms with Crippen LogP contribution in [0.15, 0.2) is 24.3 Å². The molecule has 0 radical (unpaired) electrons. The predicted molar refractivity (Wildman–Crippen MR) is 86.2 cm³/mol. The van der Waals surface area contributed by atoms with Gasteiger partial charge in [0.05, 0.1) is 6.54 Å². The molecule has 1 unspecified atom stereocenters. The van der Waals surface area contributed by atoms with Crippen LogP contribution in [0, 0.1) is 5.92 Å². The first-order valence-electron chi connectivity index (χ1n) is 7.26. The van der Waals surface area contributed by atoms with E-state index >= 15 is 0 Å². The fourth-order valence-electron chi connectivity index (χ4n) is 1.94. The minimum atomic E-state index is -0.0250. The first kappa shape index (κ1) is 17.0. The van der Waals surface area contributed by atoms with Crippen LogP contribution in [0.25, 0.3) is 0 Å². The van der Waals surface area contributed by atoms with Crippen LogP contribution in [-0.2, 0) is 4.79 Å².